The van der Waals surface area contributed by atoms with Gasteiger partial charge in [-0.05, 0) is 24.3 Å². The monoisotopic (exact) mass is 316 g/mol. The van der Waals surface area contributed by atoms with Crippen molar-refractivity contribution in [2.75, 3.05) is 5.73 Å². The predicted octanol–water partition coefficient (Wildman–Crippen LogP) is 0.550. The van der Waals surface area contributed by atoms with E-state index in [9.17, 15) is 22.0 Å². The van der Waals surface area contributed by atoms with Gasteiger partial charge in [-0.2, -0.15) is 13.9 Å². The van der Waals surface area contributed by atoms with Crippen molar-refractivity contribution in [3.05, 3.63) is 36.2 Å². The van der Waals surface area contributed by atoms with Gasteiger partial charge in [-0.1, -0.05) is 0 Å². The third-order valence-corrected chi connectivity index (χ3v) is 4.04. The van der Waals surface area contributed by atoms with E-state index in [1.54, 1.807) is 0 Å². The van der Waals surface area contributed by atoms with Gasteiger partial charge in [-0.15, -0.1) is 0 Å². The first kappa shape index (κ1) is 14.9. The molecule has 2 aromatic rings. The Morgan fingerprint density at radius 2 is 1.81 bits per heavy atom. The number of carbonyl (C=O) groups is 1. The minimum absolute atomic E-state index is 0.0479. The molecule has 0 saturated heterocycles. The van der Waals surface area contributed by atoms with Crippen LogP contribution in [0.4, 0.5) is 14.5 Å². The van der Waals surface area contributed by atoms with Gasteiger partial charge in [-0.25, -0.2) is 13.1 Å². The van der Waals surface area contributed by atoms with Crippen LogP contribution in [0, 0.1) is 0 Å². The molecule has 7 nitrogen and oxygen atoms in total. The molecule has 2 rings (SSSR count). The van der Waals surface area contributed by atoms with Crippen molar-refractivity contribution in [3.63, 3.8) is 0 Å². The summed E-state index contributed by atoms with van der Waals surface area (Å²) in [5, 5.41) is 3.83. The molecule has 0 aliphatic rings. The fraction of sp³-hybridized carbons (Fsp3) is 0.0909. The topological polar surface area (TPSA) is 121 Å². The highest BCUT2D eigenvalue weighted by atomic mass is 32.2. The minimum atomic E-state index is -4.65. The lowest BCUT2D eigenvalue weighted by Crippen LogP contribution is -2.14. The van der Waals surface area contributed by atoms with Crippen molar-refractivity contribution in [1.29, 1.82) is 0 Å². The molecule has 0 saturated carbocycles. The van der Waals surface area contributed by atoms with Gasteiger partial charge in [-0.3, -0.25) is 4.79 Å². The van der Waals surface area contributed by atoms with E-state index in [2.05, 4.69) is 5.10 Å². The number of nitrogens with two attached hydrogens (primary N) is 2. The van der Waals surface area contributed by atoms with Crippen LogP contribution < -0.4 is 11.5 Å². The highest BCUT2D eigenvalue weighted by molar-refractivity contribution is 7.91. The fourth-order valence-electron chi connectivity index (χ4n) is 1.60. The van der Waals surface area contributed by atoms with E-state index < -0.39 is 26.4 Å². The summed E-state index contributed by atoms with van der Waals surface area (Å²) in [6, 6.07) is 4.54. The Morgan fingerprint density at radius 1 is 1.24 bits per heavy atom. The number of amides is 1. The van der Waals surface area contributed by atoms with E-state index in [1.807, 2.05) is 0 Å². The Labute approximate surface area is 118 Å². The van der Waals surface area contributed by atoms with Crippen LogP contribution in [0.3, 0.4) is 0 Å². The molecule has 0 bridgehead atoms. The van der Waals surface area contributed by atoms with E-state index >= 15 is 0 Å². The lowest BCUT2D eigenvalue weighted by atomic mass is 10.3. The summed E-state index contributed by atoms with van der Waals surface area (Å²) in [6.45, 7) is 0. The molecule has 0 radical (unpaired) electrons. The van der Waals surface area contributed by atoms with Crippen molar-refractivity contribution >= 4 is 21.4 Å². The predicted molar refractivity (Wildman–Crippen MR) is 69.7 cm³/mol. The Morgan fingerprint density at radius 3 is 2.24 bits per heavy atom. The maximum atomic E-state index is 12.4. The van der Waals surface area contributed by atoms with Crippen molar-refractivity contribution in [2.24, 2.45) is 5.73 Å². The molecule has 10 heteroatoms. The van der Waals surface area contributed by atoms with Crippen LogP contribution in [0.5, 0.6) is 0 Å². The second-order valence-corrected chi connectivity index (χ2v) is 5.96. The number of carbonyl (C=O) groups excluding carboxylic acids is 1. The molecule has 0 aliphatic heterocycles. The second kappa shape index (κ2) is 5.13. The molecule has 0 unspecified atom stereocenters. The first-order chi connectivity index (χ1) is 9.73. The number of sulfone groups is 1. The highest BCUT2D eigenvalue weighted by Crippen LogP contribution is 2.20. The van der Waals surface area contributed by atoms with Gasteiger partial charge in [0.1, 0.15) is 0 Å². The molecule has 1 aromatic heterocycles. The summed E-state index contributed by atoms with van der Waals surface area (Å²) in [6.07, 6.45) is 1.30. The van der Waals surface area contributed by atoms with Gasteiger partial charge in [0.15, 0.2) is 5.69 Å². The average Bonchev–Trinajstić information content (AvgIpc) is 2.81. The molecule has 0 fully saturated rings. The van der Waals surface area contributed by atoms with Gasteiger partial charge in [0.05, 0.1) is 22.5 Å². The first-order valence-corrected chi connectivity index (χ1v) is 7.05. The average molecular weight is 316 g/mol. The molecular formula is C11H10F2N4O3S. The zero-order chi connectivity index (χ0) is 15.8. The molecule has 112 valence electrons. The van der Waals surface area contributed by atoms with Crippen LogP contribution in [-0.2, 0) is 9.84 Å². The third kappa shape index (κ3) is 2.70. The quantitative estimate of drug-likeness (QED) is 0.853. The van der Waals surface area contributed by atoms with Crippen LogP contribution in [0.25, 0.3) is 5.69 Å². The Balaban J connectivity index is 2.40. The lowest BCUT2D eigenvalue weighted by Gasteiger charge is -2.05. The summed E-state index contributed by atoms with van der Waals surface area (Å²) in [5.41, 5.74) is 10.8. The Hall–Kier alpha value is -2.49. The smallest absolute Gasteiger partial charge is 0.341 e. The van der Waals surface area contributed by atoms with Crippen molar-refractivity contribution in [3.8, 4) is 5.69 Å². The number of halogens is 2. The van der Waals surface area contributed by atoms with Gasteiger partial charge < -0.3 is 11.5 Å². The molecule has 4 N–H and O–H groups in total. The number of anilines is 1. The summed E-state index contributed by atoms with van der Waals surface area (Å²) in [7, 11) is -4.65. The fourth-order valence-corrected chi connectivity index (χ4v) is 2.32. The Bertz CT molecular complexity index is 784. The van der Waals surface area contributed by atoms with E-state index in [1.165, 1.54) is 23.0 Å². The number of alkyl halides is 2. The van der Waals surface area contributed by atoms with Crippen LogP contribution >= 0.6 is 0 Å². The molecule has 21 heavy (non-hydrogen) atoms. The normalized spacial score (nSPS) is 11.8. The zero-order valence-electron chi connectivity index (χ0n) is 10.4. The summed E-state index contributed by atoms with van der Waals surface area (Å²) in [4.78, 5) is 10.5. The zero-order valence-corrected chi connectivity index (χ0v) is 11.2. The number of hydrogen-bond donors (Lipinski definition) is 2. The number of nitrogens with zero attached hydrogens (tertiary/aromatic N) is 2. The van der Waals surface area contributed by atoms with E-state index in [4.69, 9.17) is 11.5 Å². The third-order valence-electron chi connectivity index (χ3n) is 2.64. The molecule has 1 amide bonds. The van der Waals surface area contributed by atoms with Crippen LogP contribution in [0.2, 0.25) is 0 Å². The standard InChI is InChI=1S/C11H10F2N4O3S/c12-11(13)21(19,20)7-3-1-6(2-4-7)17-5-8(14)9(16-17)10(15)18/h1-5,11H,14H2,(H2,15,18). The number of rotatable bonds is 4. The first-order valence-electron chi connectivity index (χ1n) is 5.51. The second-order valence-electron chi connectivity index (χ2n) is 4.04. The van der Waals surface area contributed by atoms with E-state index in [0.717, 1.165) is 12.1 Å². The Kier molecular flexibility index (Phi) is 3.64. The van der Waals surface area contributed by atoms with Gasteiger partial charge in [0, 0.05) is 0 Å². The van der Waals surface area contributed by atoms with E-state index in [0.29, 0.717) is 5.69 Å². The summed E-state index contributed by atoms with van der Waals surface area (Å²) < 4.78 is 48.5. The minimum Gasteiger partial charge on any atom is -0.396 e. The van der Waals surface area contributed by atoms with Crippen molar-refractivity contribution in [2.45, 2.75) is 10.7 Å². The largest absolute Gasteiger partial charge is 0.396 e. The van der Waals surface area contributed by atoms with Crippen molar-refractivity contribution in [1.82, 2.24) is 9.78 Å². The van der Waals surface area contributed by atoms with Crippen molar-refractivity contribution < 1.29 is 22.0 Å². The van der Waals surface area contributed by atoms with Crippen LogP contribution in [-0.4, -0.2) is 29.9 Å². The SMILES string of the molecule is NC(=O)c1nn(-c2ccc(S(=O)(=O)C(F)F)cc2)cc1N. The molecule has 1 heterocycles. The van der Waals surface area contributed by atoms with Gasteiger partial charge in [0.25, 0.3) is 5.91 Å². The van der Waals surface area contributed by atoms with E-state index in [-0.39, 0.29) is 11.4 Å². The molecule has 0 aliphatic carbocycles. The van der Waals surface area contributed by atoms with Crippen LogP contribution in [0.1, 0.15) is 10.5 Å². The van der Waals surface area contributed by atoms with Gasteiger partial charge >= 0.3 is 5.76 Å². The molecule has 0 atom stereocenters. The van der Waals surface area contributed by atoms with Gasteiger partial charge in [0.2, 0.25) is 9.84 Å². The maximum Gasteiger partial charge on any atom is 0.341 e. The number of primary amides is 1. The number of benzene rings is 1. The highest BCUT2D eigenvalue weighted by Gasteiger charge is 2.26. The summed E-state index contributed by atoms with van der Waals surface area (Å²) in [5.74, 6) is -4.31. The summed E-state index contributed by atoms with van der Waals surface area (Å²) >= 11 is 0. The maximum absolute atomic E-state index is 12.4. The molecular weight excluding hydrogens is 306 g/mol. The number of nitrogen functional groups attached to an aromatic ring is 1. The number of aromatic nitrogens is 2. The lowest BCUT2D eigenvalue weighted by molar-refractivity contribution is 0.0996. The molecule has 0 spiro atoms. The van der Waals surface area contributed by atoms with Crippen LogP contribution in [0.15, 0.2) is 35.4 Å². The number of hydrogen-bond acceptors (Lipinski definition) is 5. The molecule has 1 aromatic carbocycles.